The highest BCUT2D eigenvalue weighted by Crippen LogP contribution is 2.25. The van der Waals surface area contributed by atoms with Crippen LogP contribution in [0.15, 0.2) is 30.3 Å². The van der Waals surface area contributed by atoms with Gasteiger partial charge in [-0.3, -0.25) is 4.79 Å². The maximum Gasteiger partial charge on any atom is 0.317 e. The first-order valence-corrected chi connectivity index (χ1v) is 9.26. The molecule has 2 saturated heterocycles. The SMILES string of the molecule is CC(C)NC(=O)N1CCOC2(CN(C(=O)COc3ccccc3)CCO2)C1. The van der Waals surface area contributed by atoms with Crippen molar-refractivity contribution >= 4 is 11.9 Å². The Hall–Kier alpha value is -2.32. The lowest BCUT2D eigenvalue weighted by Crippen LogP contribution is -2.65. The van der Waals surface area contributed by atoms with Gasteiger partial charge in [-0.2, -0.15) is 0 Å². The van der Waals surface area contributed by atoms with E-state index in [2.05, 4.69) is 5.32 Å². The number of hydrogen-bond acceptors (Lipinski definition) is 5. The molecule has 2 aliphatic heterocycles. The molecule has 148 valence electrons. The highest BCUT2D eigenvalue weighted by Gasteiger charge is 2.44. The monoisotopic (exact) mass is 377 g/mol. The van der Waals surface area contributed by atoms with E-state index in [0.29, 0.717) is 32.1 Å². The molecule has 8 heteroatoms. The molecule has 8 nitrogen and oxygen atoms in total. The second kappa shape index (κ2) is 8.58. The van der Waals surface area contributed by atoms with Crippen LogP contribution in [0, 0.1) is 0 Å². The van der Waals surface area contributed by atoms with Crippen molar-refractivity contribution in [1.82, 2.24) is 15.1 Å². The minimum atomic E-state index is -0.979. The summed E-state index contributed by atoms with van der Waals surface area (Å²) in [6, 6.07) is 9.13. The van der Waals surface area contributed by atoms with Gasteiger partial charge in [-0.1, -0.05) is 18.2 Å². The molecule has 1 spiro atoms. The molecule has 3 rings (SSSR count). The lowest BCUT2D eigenvalue weighted by Gasteiger charge is -2.47. The normalized spacial score (nSPS) is 22.8. The van der Waals surface area contributed by atoms with E-state index in [1.165, 1.54) is 0 Å². The van der Waals surface area contributed by atoms with Crippen LogP contribution < -0.4 is 10.1 Å². The van der Waals surface area contributed by atoms with Gasteiger partial charge in [0, 0.05) is 19.1 Å². The maximum atomic E-state index is 12.6. The van der Waals surface area contributed by atoms with Crippen molar-refractivity contribution in [2.24, 2.45) is 0 Å². The van der Waals surface area contributed by atoms with E-state index in [4.69, 9.17) is 14.2 Å². The van der Waals surface area contributed by atoms with Gasteiger partial charge in [-0.05, 0) is 26.0 Å². The predicted molar refractivity (Wildman–Crippen MR) is 98.4 cm³/mol. The minimum absolute atomic E-state index is 0.0440. The third-order valence-corrected chi connectivity index (χ3v) is 4.47. The lowest BCUT2D eigenvalue weighted by molar-refractivity contribution is -0.284. The van der Waals surface area contributed by atoms with E-state index in [-0.39, 0.29) is 37.7 Å². The van der Waals surface area contributed by atoms with Gasteiger partial charge >= 0.3 is 6.03 Å². The Morgan fingerprint density at radius 1 is 1.11 bits per heavy atom. The van der Waals surface area contributed by atoms with Crippen molar-refractivity contribution in [3.05, 3.63) is 30.3 Å². The van der Waals surface area contributed by atoms with E-state index < -0.39 is 5.79 Å². The standard InChI is InChI=1S/C19H27N3O5/c1-15(2)20-18(24)22-9-11-27-19(14-22)13-21(8-10-26-19)17(23)12-25-16-6-4-3-5-7-16/h3-7,15H,8-14H2,1-2H3,(H,20,24). The molecule has 0 radical (unpaired) electrons. The van der Waals surface area contributed by atoms with Gasteiger partial charge < -0.3 is 29.3 Å². The van der Waals surface area contributed by atoms with E-state index in [1.807, 2.05) is 44.2 Å². The third-order valence-electron chi connectivity index (χ3n) is 4.47. The molecule has 2 fully saturated rings. The van der Waals surface area contributed by atoms with Crippen LogP contribution in [0.2, 0.25) is 0 Å². The van der Waals surface area contributed by atoms with Crippen LogP contribution in [0.3, 0.4) is 0 Å². The summed E-state index contributed by atoms with van der Waals surface area (Å²) in [5.74, 6) is -0.458. The van der Waals surface area contributed by atoms with Crippen LogP contribution in [0.5, 0.6) is 5.75 Å². The zero-order valence-electron chi connectivity index (χ0n) is 15.8. The number of nitrogens with one attached hydrogen (secondary N) is 1. The third kappa shape index (κ3) is 5.11. The summed E-state index contributed by atoms with van der Waals surface area (Å²) < 4.78 is 17.3. The summed E-state index contributed by atoms with van der Waals surface area (Å²) in [5, 5.41) is 2.88. The molecule has 1 aromatic rings. The maximum absolute atomic E-state index is 12.6. The molecule has 27 heavy (non-hydrogen) atoms. The van der Waals surface area contributed by atoms with Crippen molar-refractivity contribution in [1.29, 1.82) is 0 Å². The highest BCUT2D eigenvalue weighted by molar-refractivity contribution is 5.78. The Morgan fingerprint density at radius 3 is 2.41 bits per heavy atom. The summed E-state index contributed by atoms with van der Waals surface area (Å²) in [4.78, 5) is 28.2. The molecule has 1 atom stereocenters. The van der Waals surface area contributed by atoms with Gasteiger partial charge in [-0.15, -0.1) is 0 Å². The number of benzene rings is 1. The Kier molecular flexibility index (Phi) is 6.18. The molecule has 0 bridgehead atoms. The van der Waals surface area contributed by atoms with Gasteiger partial charge in [0.2, 0.25) is 5.79 Å². The number of carbonyl (C=O) groups is 2. The van der Waals surface area contributed by atoms with Crippen LogP contribution in [0.4, 0.5) is 4.79 Å². The fourth-order valence-electron chi connectivity index (χ4n) is 3.18. The quantitative estimate of drug-likeness (QED) is 0.849. The topological polar surface area (TPSA) is 80.3 Å². The molecule has 3 amide bonds. The fraction of sp³-hybridized carbons (Fsp3) is 0.579. The summed E-state index contributed by atoms with van der Waals surface area (Å²) in [6.45, 7) is 6.04. The molecular formula is C19H27N3O5. The van der Waals surface area contributed by atoms with Crippen molar-refractivity contribution in [2.75, 3.05) is 46.0 Å². The molecule has 2 aliphatic rings. The summed E-state index contributed by atoms with van der Waals surface area (Å²) >= 11 is 0. The molecular weight excluding hydrogens is 350 g/mol. The average Bonchev–Trinajstić information content (AvgIpc) is 2.66. The van der Waals surface area contributed by atoms with Crippen LogP contribution in [-0.2, 0) is 14.3 Å². The number of urea groups is 1. The van der Waals surface area contributed by atoms with Crippen LogP contribution in [-0.4, -0.2) is 79.6 Å². The summed E-state index contributed by atoms with van der Waals surface area (Å²) in [5.41, 5.74) is 0. The van der Waals surface area contributed by atoms with E-state index in [1.54, 1.807) is 9.80 Å². The molecule has 0 aliphatic carbocycles. The number of amides is 3. The smallest absolute Gasteiger partial charge is 0.317 e. The molecule has 1 N–H and O–H groups in total. The first kappa shape index (κ1) is 19.4. The minimum Gasteiger partial charge on any atom is -0.484 e. The van der Waals surface area contributed by atoms with Crippen LogP contribution in [0.1, 0.15) is 13.8 Å². The second-order valence-corrected chi connectivity index (χ2v) is 7.05. The number of hydrogen-bond donors (Lipinski definition) is 1. The van der Waals surface area contributed by atoms with E-state index >= 15 is 0 Å². The Morgan fingerprint density at radius 2 is 1.74 bits per heavy atom. The molecule has 2 heterocycles. The number of para-hydroxylation sites is 1. The van der Waals surface area contributed by atoms with Crippen molar-refractivity contribution in [3.63, 3.8) is 0 Å². The summed E-state index contributed by atoms with van der Waals surface area (Å²) in [7, 11) is 0. The zero-order chi connectivity index (χ0) is 19.3. The van der Waals surface area contributed by atoms with Crippen molar-refractivity contribution in [3.8, 4) is 5.75 Å². The molecule has 1 unspecified atom stereocenters. The molecule has 0 aromatic heterocycles. The van der Waals surface area contributed by atoms with Gasteiger partial charge in [0.05, 0.1) is 26.3 Å². The Labute approximate surface area is 159 Å². The lowest BCUT2D eigenvalue weighted by atomic mass is 10.1. The number of morpholine rings is 2. The zero-order valence-corrected chi connectivity index (χ0v) is 15.8. The van der Waals surface area contributed by atoms with E-state index in [0.717, 1.165) is 0 Å². The van der Waals surface area contributed by atoms with Gasteiger partial charge in [0.25, 0.3) is 5.91 Å². The summed E-state index contributed by atoms with van der Waals surface area (Å²) in [6.07, 6.45) is 0. The first-order valence-electron chi connectivity index (χ1n) is 9.26. The van der Waals surface area contributed by atoms with Crippen molar-refractivity contribution in [2.45, 2.75) is 25.7 Å². The first-order chi connectivity index (χ1) is 13.0. The van der Waals surface area contributed by atoms with Gasteiger partial charge in [0.1, 0.15) is 5.75 Å². The Bertz CT molecular complexity index is 650. The number of nitrogens with zero attached hydrogens (tertiary/aromatic N) is 2. The number of carbonyl (C=O) groups excluding carboxylic acids is 2. The van der Waals surface area contributed by atoms with Crippen molar-refractivity contribution < 1.29 is 23.8 Å². The molecule has 1 aromatic carbocycles. The van der Waals surface area contributed by atoms with Crippen LogP contribution >= 0.6 is 0 Å². The Balaban J connectivity index is 1.57. The van der Waals surface area contributed by atoms with E-state index in [9.17, 15) is 9.59 Å². The largest absolute Gasteiger partial charge is 0.484 e. The predicted octanol–water partition coefficient (Wildman–Crippen LogP) is 1.07. The fourth-order valence-corrected chi connectivity index (χ4v) is 3.18. The second-order valence-electron chi connectivity index (χ2n) is 7.05. The molecule has 0 saturated carbocycles. The number of ether oxygens (including phenoxy) is 3. The average molecular weight is 377 g/mol. The van der Waals surface area contributed by atoms with Gasteiger partial charge in [0.15, 0.2) is 6.61 Å². The number of rotatable bonds is 4. The van der Waals surface area contributed by atoms with Crippen LogP contribution in [0.25, 0.3) is 0 Å². The van der Waals surface area contributed by atoms with Gasteiger partial charge in [-0.25, -0.2) is 4.79 Å². The highest BCUT2D eigenvalue weighted by atomic mass is 16.7.